The summed E-state index contributed by atoms with van der Waals surface area (Å²) in [4.78, 5) is 17.3. The molecular formula is C29H33F2N3O. The number of hydrogen-bond acceptors (Lipinski definition) is 2. The zero-order chi connectivity index (χ0) is 24.6. The predicted molar refractivity (Wildman–Crippen MR) is 137 cm³/mol. The highest BCUT2D eigenvalue weighted by Gasteiger charge is 2.28. The molecule has 0 aromatic heterocycles. The molecule has 0 aliphatic carbocycles. The van der Waals surface area contributed by atoms with Gasteiger partial charge in [-0.3, -0.25) is 4.90 Å². The van der Waals surface area contributed by atoms with Crippen molar-refractivity contribution in [1.29, 1.82) is 0 Å². The molecule has 1 aliphatic rings. The Labute approximate surface area is 206 Å². The maximum Gasteiger partial charge on any atom is 0.322 e. The third kappa shape index (κ3) is 6.45. The normalized spacial score (nSPS) is 14.6. The molecule has 4 nitrogen and oxygen atoms in total. The highest BCUT2D eigenvalue weighted by atomic mass is 19.1. The Bertz CT molecular complexity index is 1110. The second kappa shape index (κ2) is 11.9. The SMILES string of the molecule is CCCCN(C(=O)Nc1ccc(F)cc1F)C1CCN(Cc2ccccc2-c2ccccc2)CC1. The molecule has 0 atom stereocenters. The molecule has 0 bridgehead atoms. The Morgan fingerprint density at radius 2 is 1.71 bits per heavy atom. The third-order valence-corrected chi connectivity index (χ3v) is 6.68. The van der Waals surface area contributed by atoms with E-state index in [0.29, 0.717) is 6.54 Å². The van der Waals surface area contributed by atoms with Crippen LogP contribution < -0.4 is 5.32 Å². The Hall–Kier alpha value is -3.25. The van der Waals surface area contributed by atoms with E-state index in [1.807, 2.05) is 11.0 Å². The number of anilines is 1. The molecule has 1 aliphatic heterocycles. The van der Waals surface area contributed by atoms with Gasteiger partial charge in [-0.15, -0.1) is 0 Å². The standard InChI is InChI=1S/C29H33F2N3O/c1-2-3-17-34(29(35)32-28-14-13-24(30)20-27(28)31)25-15-18-33(19-16-25)21-23-11-7-8-12-26(23)22-9-5-4-6-10-22/h4-14,20,25H,2-3,15-19,21H2,1H3,(H,32,35). The van der Waals surface area contributed by atoms with Crippen molar-refractivity contribution in [3.63, 3.8) is 0 Å². The van der Waals surface area contributed by atoms with E-state index in [1.165, 1.54) is 22.8 Å². The number of unbranched alkanes of at least 4 members (excludes halogenated alkanes) is 1. The first-order valence-corrected chi connectivity index (χ1v) is 12.4. The van der Waals surface area contributed by atoms with Crippen molar-refractivity contribution in [2.24, 2.45) is 0 Å². The van der Waals surface area contributed by atoms with Crippen LogP contribution in [0.2, 0.25) is 0 Å². The van der Waals surface area contributed by atoms with Gasteiger partial charge in [-0.25, -0.2) is 13.6 Å². The van der Waals surface area contributed by atoms with Crippen LogP contribution >= 0.6 is 0 Å². The van der Waals surface area contributed by atoms with E-state index in [4.69, 9.17) is 0 Å². The van der Waals surface area contributed by atoms with Crippen molar-refractivity contribution in [3.8, 4) is 11.1 Å². The van der Waals surface area contributed by atoms with E-state index < -0.39 is 11.6 Å². The number of halogens is 2. The van der Waals surface area contributed by atoms with E-state index in [2.05, 4.69) is 65.7 Å². The van der Waals surface area contributed by atoms with Gasteiger partial charge in [0.15, 0.2) is 0 Å². The predicted octanol–water partition coefficient (Wildman–Crippen LogP) is 6.93. The molecule has 0 radical (unpaired) electrons. The molecule has 4 rings (SSSR count). The number of likely N-dealkylation sites (tertiary alicyclic amines) is 1. The summed E-state index contributed by atoms with van der Waals surface area (Å²) in [6.45, 7) is 5.33. The van der Waals surface area contributed by atoms with Gasteiger partial charge in [0.2, 0.25) is 0 Å². The molecule has 2 amide bonds. The number of benzene rings is 3. The van der Waals surface area contributed by atoms with Gasteiger partial charge in [0.05, 0.1) is 5.69 Å². The first kappa shape index (κ1) is 24.9. The number of carbonyl (C=O) groups excluding carboxylic acids is 1. The summed E-state index contributed by atoms with van der Waals surface area (Å²) in [5.74, 6) is -1.43. The lowest BCUT2D eigenvalue weighted by Crippen LogP contribution is -2.49. The van der Waals surface area contributed by atoms with Crippen LogP contribution in [-0.4, -0.2) is 41.5 Å². The summed E-state index contributed by atoms with van der Waals surface area (Å²) in [5.41, 5.74) is 3.77. The van der Waals surface area contributed by atoms with E-state index in [1.54, 1.807) is 0 Å². The number of amides is 2. The zero-order valence-corrected chi connectivity index (χ0v) is 20.2. The Morgan fingerprint density at radius 3 is 2.43 bits per heavy atom. The molecule has 0 saturated carbocycles. The van der Waals surface area contributed by atoms with Crippen molar-refractivity contribution >= 4 is 11.7 Å². The number of nitrogens with one attached hydrogen (secondary N) is 1. The monoisotopic (exact) mass is 477 g/mol. The fourth-order valence-corrected chi connectivity index (χ4v) is 4.74. The van der Waals surface area contributed by atoms with E-state index >= 15 is 0 Å². The van der Waals surface area contributed by atoms with E-state index in [0.717, 1.165) is 57.5 Å². The van der Waals surface area contributed by atoms with Crippen molar-refractivity contribution in [2.75, 3.05) is 25.0 Å². The van der Waals surface area contributed by atoms with Crippen LogP contribution in [0.25, 0.3) is 11.1 Å². The van der Waals surface area contributed by atoms with Crippen LogP contribution in [-0.2, 0) is 6.54 Å². The van der Waals surface area contributed by atoms with Crippen molar-refractivity contribution in [1.82, 2.24) is 9.80 Å². The number of nitrogens with zero attached hydrogens (tertiary/aromatic N) is 2. The third-order valence-electron chi connectivity index (χ3n) is 6.68. The minimum atomic E-state index is -0.763. The first-order valence-electron chi connectivity index (χ1n) is 12.4. The van der Waals surface area contributed by atoms with Crippen molar-refractivity contribution in [2.45, 2.75) is 45.2 Å². The van der Waals surface area contributed by atoms with Crippen LogP contribution in [0.4, 0.5) is 19.3 Å². The molecule has 0 unspecified atom stereocenters. The highest BCUT2D eigenvalue weighted by molar-refractivity contribution is 5.89. The summed E-state index contributed by atoms with van der Waals surface area (Å²) in [5, 5.41) is 2.65. The van der Waals surface area contributed by atoms with Crippen LogP contribution in [0.3, 0.4) is 0 Å². The summed E-state index contributed by atoms with van der Waals surface area (Å²) in [6.07, 6.45) is 3.56. The number of piperidine rings is 1. The van der Waals surface area contributed by atoms with Gasteiger partial charge in [-0.2, -0.15) is 0 Å². The quantitative estimate of drug-likeness (QED) is 0.382. The Kier molecular flexibility index (Phi) is 8.48. The first-order chi connectivity index (χ1) is 17.0. The maximum absolute atomic E-state index is 14.1. The fraction of sp³-hybridized carbons (Fsp3) is 0.345. The minimum Gasteiger partial charge on any atom is -0.321 e. The number of carbonyl (C=O) groups is 1. The number of hydrogen-bond donors (Lipinski definition) is 1. The molecule has 3 aromatic rings. The highest BCUT2D eigenvalue weighted by Crippen LogP contribution is 2.27. The Morgan fingerprint density at radius 1 is 1.00 bits per heavy atom. The lowest BCUT2D eigenvalue weighted by Gasteiger charge is -2.38. The van der Waals surface area contributed by atoms with Gasteiger partial charge >= 0.3 is 6.03 Å². The van der Waals surface area contributed by atoms with Gasteiger partial charge in [0, 0.05) is 38.3 Å². The summed E-state index contributed by atoms with van der Waals surface area (Å²) in [7, 11) is 0. The van der Waals surface area contributed by atoms with Gasteiger partial charge in [0.1, 0.15) is 11.6 Å². The molecule has 1 fully saturated rings. The molecule has 35 heavy (non-hydrogen) atoms. The lowest BCUT2D eigenvalue weighted by molar-refractivity contribution is 0.122. The van der Waals surface area contributed by atoms with Gasteiger partial charge in [-0.05, 0) is 48.1 Å². The molecule has 1 N–H and O–H groups in total. The second-order valence-corrected chi connectivity index (χ2v) is 9.13. The average Bonchev–Trinajstić information content (AvgIpc) is 2.88. The second-order valence-electron chi connectivity index (χ2n) is 9.13. The molecule has 184 valence electrons. The topological polar surface area (TPSA) is 35.6 Å². The van der Waals surface area contributed by atoms with Gasteiger partial charge in [0.25, 0.3) is 0 Å². The van der Waals surface area contributed by atoms with E-state index in [-0.39, 0.29) is 17.8 Å². The maximum atomic E-state index is 14.1. The average molecular weight is 478 g/mol. The largest absolute Gasteiger partial charge is 0.322 e. The number of urea groups is 1. The molecule has 1 saturated heterocycles. The molecule has 6 heteroatoms. The summed E-state index contributed by atoms with van der Waals surface area (Å²) < 4.78 is 27.3. The van der Waals surface area contributed by atoms with Gasteiger partial charge in [-0.1, -0.05) is 67.9 Å². The molecular weight excluding hydrogens is 444 g/mol. The molecule has 3 aromatic carbocycles. The van der Waals surface area contributed by atoms with Crippen LogP contribution in [0.5, 0.6) is 0 Å². The number of rotatable bonds is 8. The van der Waals surface area contributed by atoms with Crippen LogP contribution in [0.15, 0.2) is 72.8 Å². The van der Waals surface area contributed by atoms with E-state index in [9.17, 15) is 13.6 Å². The van der Waals surface area contributed by atoms with Crippen molar-refractivity contribution in [3.05, 3.63) is 90.0 Å². The summed E-state index contributed by atoms with van der Waals surface area (Å²) >= 11 is 0. The zero-order valence-electron chi connectivity index (χ0n) is 20.2. The lowest BCUT2D eigenvalue weighted by atomic mass is 9.97. The molecule has 0 spiro atoms. The minimum absolute atomic E-state index is 0.00727. The molecule has 1 heterocycles. The van der Waals surface area contributed by atoms with Crippen LogP contribution in [0, 0.1) is 11.6 Å². The fourth-order valence-electron chi connectivity index (χ4n) is 4.74. The smallest absolute Gasteiger partial charge is 0.321 e. The van der Waals surface area contributed by atoms with Crippen molar-refractivity contribution < 1.29 is 13.6 Å². The summed E-state index contributed by atoms with van der Waals surface area (Å²) in [6, 6.07) is 21.9. The Balaban J connectivity index is 1.40. The van der Waals surface area contributed by atoms with Crippen LogP contribution in [0.1, 0.15) is 38.2 Å². The van der Waals surface area contributed by atoms with Gasteiger partial charge < -0.3 is 10.2 Å².